The third-order valence-electron chi connectivity index (χ3n) is 4.01. The molecule has 3 heterocycles. The first-order chi connectivity index (χ1) is 12.1. The van der Waals surface area contributed by atoms with Gasteiger partial charge in [0, 0.05) is 12.1 Å². The highest BCUT2D eigenvalue weighted by molar-refractivity contribution is 7.16. The van der Waals surface area contributed by atoms with Gasteiger partial charge in [-0.05, 0) is 18.2 Å². The number of aliphatic carboxylic acids is 1. The van der Waals surface area contributed by atoms with E-state index in [0.717, 1.165) is 5.56 Å². The first-order valence-electron chi connectivity index (χ1n) is 7.61. The summed E-state index contributed by atoms with van der Waals surface area (Å²) in [6, 6.07) is 4.47. The molecule has 1 unspecified atom stereocenters. The zero-order valence-electron chi connectivity index (χ0n) is 13.0. The molecule has 0 saturated carbocycles. The van der Waals surface area contributed by atoms with Gasteiger partial charge in [-0.15, -0.1) is 11.3 Å². The molecule has 9 heteroatoms. The number of carbonyl (C=O) groups excluding carboxylic acids is 1. The number of ether oxygens (including phenoxy) is 3. The number of thiazole rings is 1. The van der Waals surface area contributed by atoms with Crippen LogP contribution < -0.4 is 9.47 Å². The van der Waals surface area contributed by atoms with Gasteiger partial charge in [0.15, 0.2) is 17.5 Å². The van der Waals surface area contributed by atoms with Crippen LogP contribution in [0.15, 0.2) is 24.4 Å². The standard InChI is InChI=1S/C16H14N2O6S/c19-15(18-3-4-22-7-10(18)16(20)21)13-6-17-14(25-13)9-1-2-11-12(5-9)24-8-23-11/h1-2,5-6,10H,3-4,7-8H2,(H,20,21). The minimum atomic E-state index is -1.08. The smallest absolute Gasteiger partial charge is 0.328 e. The first kappa shape index (κ1) is 15.9. The van der Waals surface area contributed by atoms with Crippen LogP contribution in [0.3, 0.4) is 0 Å². The maximum Gasteiger partial charge on any atom is 0.328 e. The second-order valence-corrected chi connectivity index (χ2v) is 6.56. The molecular formula is C16H14N2O6S. The summed E-state index contributed by atoms with van der Waals surface area (Å²) in [5.41, 5.74) is 0.810. The summed E-state index contributed by atoms with van der Waals surface area (Å²) >= 11 is 1.21. The van der Waals surface area contributed by atoms with Gasteiger partial charge in [-0.2, -0.15) is 0 Å². The van der Waals surface area contributed by atoms with Gasteiger partial charge >= 0.3 is 5.97 Å². The Morgan fingerprint density at radius 3 is 2.96 bits per heavy atom. The normalized spacial score (nSPS) is 19.0. The number of morpholine rings is 1. The summed E-state index contributed by atoms with van der Waals surface area (Å²) in [6.07, 6.45) is 1.47. The molecule has 2 aromatic rings. The van der Waals surface area contributed by atoms with Crippen molar-refractivity contribution in [3.8, 4) is 22.1 Å². The fourth-order valence-electron chi connectivity index (χ4n) is 2.73. The van der Waals surface area contributed by atoms with E-state index < -0.39 is 12.0 Å². The quantitative estimate of drug-likeness (QED) is 0.883. The van der Waals surface area contributed by atoms with Gasteiger partial charge in [0.25, 0.3) is 5.91 Å². The van der Waals surface area contributed by atoms with Gasteiger partial charge in [-0.3, -0.25) is 4.79 Å². The number of aromatic nitrogens is 1. The van der Waals surface area contributed by atoms with Gasteiger partial charge in [0.2, 0.25) is 6.79 Å². The molecule has 8 nitrogen and oxygen atoms in total. The summed E-state index contributed by atoms with van der Waals surface area (Å²) in [5.74, 6) is -0.109. The number of nitrogens with zero attached hydrogens (tertiary/aromatic N) is 2. The molecule has 1 aromatic heterocycles. The van der Waals surface area contributed by atoms with Crippen molar-refractivity contribution in [3.05, 3.63) is 29.3 Å². The maximum atomic E-state index is 12.7. The molecule has 1 aromatic carbocycles. The number of carboxylic acids is 1. The van der Waals surface area contributed by atoms with Crippen LogP contribution in [0.1, 0.15) is 9.67 Å². The van der Waals surface area contributed by atoms with Gasteiger partial charge in [0.05, 0.1) is 19.4 Å². The van der Waals surface area contributed by atoms with E-state index in [4.69, 9.17) is 14.2 Å². The van der Waals surface area contributed by atoms with Crippen LogP contribution in [0, 0.1) is 0 Å². The fraction of sp³-hybridized carbons (Fsp3) is 0.312. The van der Waals surface area contributed by atoms with Crippen molar-refractivity contribution in [2.45, 2.75) is 6.04 Å². The number of rotatable bonds is 3. The van der Waals surface area contributed by atoms with E-state index in [-0.39, 0.29) is 25.9 Å². The maximum absolute atomic E-state index is 12.7. The fourth-order valence-corrected chi connectivity index (χ4v) is 3.60. The van der Waals surface area contributed by atoms with Crippen molar-refractivity contribution in [1.29, 1.82) is 0 Å². The highest BCUT2D eigenvalue weighted by Gasteiger charge is 2.34. The Hall–Kier alpha value is -2.65. The second-order valence-electron chi connectivity index (χ2n) is 5.53. The Labute approximate surface area is 146 Å². The molecule has 1 saturated heterocycles. The minimum absolute atomic E-state index is 0.00506. The monoisotopic (exact) mass is 362 g/mol. The summed E-state index contributed by atoms with van der Waals surface area (Å²) < 4.78 is 15.8. The molecule has 0 spiro atoms. The Bertz CT molecular complexity index is 836. The molecule has 4 rings (SSSR count). The van der Waals surface area contributed by atoms with Crippen molar-refractivity contribution in [2.75, 3.05) is 26.6 Å². The van der Waals surface area contributed by atoms with Crippen LogP contribution >= 0.6 is 11.3 Å². The summed E-state index contributed by atoms with van der Waals surface area (Å²) in [6.45, 7) is 0.749. The number of amides is 1. The van der Waals surface area contributed by atoms with Crippen molar-refractivity contribution < 1.29 is 28.9 Å². The number of benzene rings is 1. The molecule has 0 radical (unpaired) electrons. The van der Waals surface area contributed by atoms with E-state index in [2.05, 4.69) is 4.98 Å². The van der Waals surface area contributed by atoms with Gasteiger partial charge in [0.1, 0.15) is 9.88 Å². The van der Waals surface area contributed by atoms with Crippen LogP contribution in [0.2, 0.25) is 0 Å². The number of hydrogen-bond donors (Lipinski definition) is 1. The number of carbonyl (C=O) groups is 2. The number of fused-ring (bicyclic) bond motifs is 1. The predicted octanol–water partition coefficient (Wildman–Crippen LogP) is 1.46. The lowest BCUT2D eigenvalue weighted by molar-refractivity contribution is -0.147. The van der Waals surface area contributed by atoms with Crippen molar-refractivity contribution in [1.82, 2.24) is 9.88 Å². The van der Waals surface area contributed by atoms with Gasteiger partial charge in [-0.25, -0.2) is 9.78 Å². The Morgan fingerprint density at radius 1 is 1.28 bits per heavy atom. The molecule has 1 N–H and O–H groups in total. The highest BCUT2D eigenvalue weighted by Crippen LogP contribution is 2.37. The summed E-state index contributed by atoms with van der Waals surface area (Å²) in [5, 5.41) is 9.92. The Morgan fingerprint density at radius 2 is 2.12 bits per heavy atom. The SMILES string of the molecule is O=C(O)C1COCCN1C(=O)c1cnc(-c2ccc3c(c2)OCO3)s1. The predicted molar refractivity (Wildman–Crippen MR) is 87.0 cm³/mol. The number of hydrogen-bond acceptors (Lipinski definition) is 7. The van der Waals surface area contributed by atoms with Crippen LogP contribution in [0.25, 0.3) is 10.6 Å². The van der Waals surface area contributed by atoms with Crippen LogP contribution in [-0.4, -0.2) is 59.5 Å². The van der Waals surface area contributed by atoms with Gasteiger partial charge < -0.3 is 24.2 Å². The average molecular weight is 362 g/mol. The van der Waals surface area contributed by atoms with E-state index in [0.29, 0.717) is 28.0 Å². The highest BCUT2D eigenvalue weighted by atomic mass is 32.1. The summed E-state index contributed by atoms with van der Waals surface area (Å²) in [7, 11) is 0. The molecule has 0 bridgehead atoms. The molecule has 1 amide bonds. The molecule has 1 fully saturated rings. The lowest BCUT2D eigenvalue weighted by atomic mass is 10.2. The average Bonchev–Trinajstić information content (AvgIpc) is 3.29. The van der Waals surface area contributed by atoms with Crippen LogP contribution in [0.4, 0.5) is 0 Å². The molecule has 0 aliphatic carbocycles. The number of carboxylic acid groups (broad SMARTS) is 1. The zero-order valence-corrected chi connectivity index (χ0v) is 13.8. The molecule has 1 atom stereocenters. The van der Waals surface area contributed by atoms with E-state index in [1.165, 1.54) is 22.4 Å². The second kappa shape index (κ2) is 6.34. The van der Waals surface area contributed by atoms with Crippen LogP contribution in [0.5, 0.6) is 11.5 Å². The summed E-state index contributed by atoms with van der Waals surface area (Å²) in [4.78, 5) is 30.0. The zero-order chi connectivity index (χ0) is 17.4. The van der Waals surface area contributed by atoms with Crippen molar-refractivity contribution >= 4 is 23.2 Å². The molecule has 2 aliphatic heterocycles. The largest absolute Gasteiger partial charge is 0.480 e. The van der Waals surface area contributed by atoms with E-state index in [1.807, 2.05) is 12.1 Å². The van der Waals surface area contributed by atoms with Gasteiger partial charge in [-0.1, -0.05) is 0 Å². The van der Waals surface area contributed by atoms with E-state index in [1.54, 1.807) is 6.07 Å². The Kier molecular flexibility index (Phi) is 4.02. The van der Waals surface area contributed by atoms with Crippen molar-refractivity contribution in [2.24, 2.45) is 0 Å². The molecule has 25 heavy (non-hydrogen) atoms. The van der Waals surface area contributed by atoms with Crippen molar-refractivity contribution in [3.63, 3.8) is 0 Å². The Balaban J connectivity index is 1.58. The third kappa shape index (κ3) is 2.92. The van der Waals surface area contributed by atoms with Crippen LogP contribution in [-0.2, 0) is 9.53 Å². The van der Waals surface area contributed by atoms with E-state index >= 15 is 0 Å². The molecular weight excluding hydrogens is 348 g/mol. The molecule has 130 valence electrons. The molecule has 2 aliphatic rings. The topological polar surface area (TPSA) is 98.2 Å². The first-order valence-corrected chi connectivity index (χ1v) is 8.42. The third-order valence-corrected chi connectivity index (χ3v) is 5.04. The lowest BCUT2D eigenvalue weighted by Crippen LogP contribution is -2.52. The minimum Gasteiger partial charge on any atom is -0.480 e. The lowest BCUT2D eigenvalue weighted by Gasteiger charge is -2.32. The van der Waals surface area contributed by atoms with E-state index in [9.17, 15) is 14.7 Å².